The topological polar surface area (TPSA) is 93.4 Å². The summed E-state index contributed by atoms with van der Waals surface area (Å²) in [6, 6.07) is -0.518. The van der Waals surface area contributed by atoms with Crippen molar-refractivity contribution in [1.29, 1.82) is 0 Å². The molecule has 0 aromatic rings. The monoisotopic (exact) mass is 235 g/mol. The molecule has 1 saturated heterocycles. The SMILES string of the molecule is COCCCN1C[C@H](O)[C@@H](O)[C@H](O)[C@H]1CO. The summed E-state index contributed by atoms with van der Waals surface area (Å²) in [7, 11) is 1.60. The summed E-state index contributed by atoms with van der Waals surface area (Å²) in [5, 5.41) is 37.9. The van der Waals surface area contributed by atoms with E-state index in [2.05, 4.69) is 0 Å². The third-order valence-corrected chi connectivity index (χ3v) is 3.01. The molecule has 0 bridgehead atoms. The molecule has 0 aromatic carbocycles. The van der Waals surface area contributed by atoms with Gasteiger partial charge in [0.15, 0.2) is 0 Å². The van der Waals surface area contributed by atoms with E-state index in [1.807, 2.05) is 0 Å². The van der Waals surface area contributed by atoms with Gasteiger partial charge < -0.3 is 25.2 Å². The summed E-state index contributed by atoms with van der Waals surface area (Å²) in [6.45, 7) is 1.22. The van der Waals surface area contributed by atoms with Crippen molar-refractivity contribution in [2.45, 2.75) is 30.8 Å². The molecule has 0 aromatic heterocycles. The minimum absolute atomic E-state index is 0.238. The van der Waals surface area contributed by atoms with Crippen LogP contribution in [0.4, 0.5) is 0 Å². The van der Waals surface area contributed by atoms with Crippen LogP contribution in [0, 0.1) is 0 Å². The number of likely N-dealkylation sites (tertiary alicyclic amines) is 1. The maximum Gasteiger partial charge on any atom is 0.109 e. The number of aliphatic hydroxyl groups is 4. The van der Waals surface area contributed by atoms with Crippen molar-refractivity contribution < 1.29 is 25.2 Å². The Labute approximate surface area is 95.1 Å². The van der Waals surface area contributed by atoms with E-state index in [0.29, 0.717) is 13.2 Å². The molecule has 96 valence electrons. The quantitative estimate of drug-likeness (QED) is 0.403. The lowest BCUT2D eigenvalue weighted by molar-refractivity contribution is -0.145. The van der Waals surface area contributed by atoms with Crippen molar-refractivity contribution in [3.63, 3.8) is 0 Å². The average Bonchev–Trinajstić information content (AvgIpc) is 2.27. The molecule has 1 heterocycles. The lowest BCUT2D eigenvalue weighted by atomic mass is 9.94. The fraction of sp³-hybridized carbons (Fsp3) is 1.00. The molecule has 0 unspecified atom stereocenters. The Balaban J connectivity index is 2.53. The van der Waals surface area contributed by atoms with E-state index in [9.17, 15) is 15.3 Å². The van der Waals surface area contributed by atoms with Gasteiger partial charge in [-0.1, -0.05) is 0 Å². The predicted octanol–water partition coefficient (Wildman–Crippen LogP) is -2.22. The van der Waals surface area contributed by atoms with Crippen LogP contribution in [0.25, 0.3) is 0 Å². The third kappa shape index (κ3) is 3.13. The second kappa shape index (κ2) is 6.48. The molecule has 6 nitrogen and oxygen atoms in total. The van der Waals surface area contributed by atoms with Crippen LogP contribution in [-0.4, -0.2) is 83.1 Å². The molecule has 4 atom stereocenters. The molecule has 0 amide bonds. The molecule has 1 rings (SSSR count). The minimum atomic E-state index is -1.18. The smallest absolute Gasteiger partial charge is 0.109 e. The number of rotatable bonds is 5. The molecule has 4 N–H and O–H groups in total. The number of methoxy groups -OCH3 is 1. The number of nitrogens with zero attached hydrogens (tertiary/aromatic N) is 1. The second-order valence-corrected chi connectivity index (χ2v) is 4.14. The van der Waals surface area contributed by atoms with Crippen LogP contribution in [0.3, 0.4) is 0 Å². The summed E-state index contributed by atoms with van der Waals surface area (Å²) >= 11 is 0. The maximum absolute atomic E-state index is 9.69. The van der Waals surface area contributed by atoms with Crippen molar-refractivity contribution in [2.75, 3.05) is 33.4 Å². The van der Waals surface area contributed by atoms with Gasteiger partial charge in [0.1, 0.15) is 12.2 Å². The summed E-state index contributed by atoms with van der Waals surface area (Å²) in [5.41, 5.74) is 0. The highest BCUT2D eigenvalue weighted by molar-refractivity contribution is 4.93. The molecule has 0 spiro atoms. The van der Waals surface area contributed by atoms with Gasteiger partial charge in [0.25, 0.3) is 0 Å². The Kier molecular flexibility index (Phi) is 5.60. The van der Waals surface area contributed by atoms with Crippen molar-refractivity contribution in [3.8, 4) is 0 Å². The second-order valence-electron chi connectivity index (χ2n) is 4.14. The van der Waals surface area contributed by atoms with Crippen LogP contribution >= 0.6 is 0 Å². The molecule has 0 aliphatic carbocycles. The van der Waals surface area contributed by atoms with Gasteiger partial charge in [-0.2, -0.15) is 0 Å². The fourth-order valence-electron chi connectivity index (χ4n) is 2.05. The fourth-order valence-corrected chi connectivity index (χ4v) is 2.05. The number of hydrogen-bond acceptors (Lipinski definition) is 6. The van der Waals surface area contributed by atoms with E-state index < -0.39 is 24.4 Å². The molecular formula is C10H21NO5. The molecule has 1 fully saturated rings. The highest BCUT2D eigenvalue weighted by atomic mass is 16.5. The number of piperidine rings is 1. The van der Waals surface area contributed by atoms with Crippen molar-refractivity contribution in [2.24, 2.45) is 0 Å². The molecule has 1 aliphatic heterocycles. The minimum Gasteiger partial charge on any atom is -0.395 e. The van der Waals surface area contributed by atoms with Crippen LogP contribution in [0.1, 0.15) is 6.42 Å². The number of β-amino-alcohol motifs (C(OH)–C–C–N with tert-alkyl or cyclic N) is 1. The van der Waals surface area contributed by atoms with Gasteiger partial charge in [0.2, 0.25) is 0 Å². The Morgan fingerprint density at radius 3 is 2.50 bits per heavy atom. The largest absolute Gasteiger partial charge is 0.395 e. The van der Waals surface area contributed by atoms with Gasteiger partial charge in [-0.25, -0.2) is 0 Å². The Bertz CT molecular complexity index is 204. The van der Waals surface area contributed by atoms with Crippen molar-refractivity contribution in [1.82, 2.24) is 4.90 Å². The zero-order valence-corrected chi connectivity index (χ0v) is 9.49. The first-order chi connectivity index (χ1) is 7.61. The highest BCUT2D eigenvalue weighted by Gasteiger charge is 2.40. The lowest BCUT2D eigenvalue weighted by Gasteiger charge is -2.43. The zero-order valence-electron chi connectivity index (χ0n) is 9.49. The Morgan fingerprint density at radius 1 is 1.25 bits per heavy atom. The molecule has 0 radical (unpaired) electrons. The first kappa shape index (κ1) is 13.8. The van der Waals surface area contributed by atoms with E-state index in [1.165, 1.54) is 0 Å². The van der Waals surface area contributed by atoms with Gasteiger partial charge >= 0.3 is 0 Å². The molecular weight excluding hydrogens is 214 g/mol. The lowest BCUT2D eigenvalue weighted by Crippen LogP contribution is -2.62. The summed E-state index contributed by atoms with van der Waals surface area (Å²) in [4.78, 5) is 1.78. The van der Waals surface area contributed by atoms with Gasteiger partial charge in [0.05, 0.1) is 18.8 Å². The number of ether oxygens (including phenoxy) is 1. The first-order valence-corrected chi connectivity index (χ1v) is 5.49. The van der Waals surface area contributed by atoms with Crippen LogP contribution in [0.5, 0.6) is 0 Å². The van der Waals surface area contributed by atoms with E-state index in [0.717, 1.165) is 6.42 Å². The van der Waals surface area contributed by atoms with Crippen molar-refractivity contribution in [3.05, 3.63) is 0 Å². The van der Waals surface area contributed by atoms with Crippen LogP contribution in [0.15, 0.2) is 0 Å². The zero-order chi connectivity index (χ0) is 12.1. The first-order valence-electron chi connectivity index (χ1n) is 5.49. The van der Waals surface area contributed by atoms with Gasteiger partial charge in [-0.3, -0.25) is 4.90 Å². The molecule has 16 heavy (non-hydrogen) atoms. The van der Waals surface area contributed by atoms with E-state index >= 15 is 0 Å². The summed E-state index contributed by atoms with van der Waals surface area (Å²) < 4.78 is 4.91. The summed E-state index contributed by atoms with van der Waals surface area (Å²) in [5.74, 6) is 0. The van der Waals surface area contributed by atoms with E-state index in [1.54, 1.807) is 12.0 Å². The van der Waals surface area contributed by atoms with E-state index in [-0.39, 0.29) is 13.2 Å². The molecule has 6 heteroatoms. The normalized spacial score (nSPS) is 36.6. The number of aliphatic hydroxyl groups excluding tert-OH is 4. The Hall–Kier alpha value is -0.240. The van der Waals surface area contributed by atoms with Crippen molar-refractivity contribution >= 4 is 0 Å². The highest BCUT2D eigenvalue weighted by Crippen LogP contribution is 2.18. The molecule has 1 aliphatic rings. The number of hydrogen-bond donors (Lipinski definition) is 4. The van der Waals surface area contributed by atoms with E-state index in [4.69, 9.17) is 9.84 Å². The predicted molar refractivity (Wildman–Crippen MR) is 57.0 cm³/mol. The standard InChI is InChI=1S/C10H21NO5/c1-16-4-2-3-11-5-8(13)10(15)9(14)7(11)6-12/h7-10,12-15H,2-6H2,1H3/t7-,8+,9-,10-/m1/s1. The van der Waals surface area contributed by atoms with Gasteiger partial charge in [-0.15, -0.1) is 0 Å². The average molecular weight is 235 g/mol. The van der Waals surface area contributed by atoms with Crippen LogP contribution in [-0.2, 0) is 4.74 Å². The van der Waals surface area contributed by atoms with Gasteiger partial charge in [-0.05, 0) is 6.42 Å². The summed E-state index contributed by atoms with van der Waals surface area (Å²) in [6.07, 6.45) is -2.52. The molecule has 0 saturated carbocycles. The Morgan fingerprint density at radius 2 is 1.94 bits per heavy atom. The van der Waals surface area contributed by atoms with Crippen LogP contribution < -0.4 is 0 Å². The maximum atomic E-state index is 9.69. The third-order valence-electron chi connectivity index (χ3n) is 3.01. The van der Waals surface area contributed by atoms with Gasteiger partial charge in [0, 0.05) is 26.8 Å². The van der Waals surface area contributed by atoms with Crippen LogP contribution in [0.2, 0.25) is 0 Å².